The molecule has 1 aliphatic rings. The maximum Gasteiger partial charge on any atom is 0.260 e. The number of fused-ring (bicyclic) bond motifs is 2. The molecule has 0 aliphatic carbocycles. The quantitative estimate of drug-likeness (QED) is 0.706. The molecule has 0 N–H and O–H groups in total. The van der Waals surface area contributed by atoms with E-state index in [4.69, 9.17) is 4.74 Å². The van der Waals surface area contributed by atoms with Crippen LogP contribution in [-0.2, 0) is 0 Å². The Kier molecular flexibility index (Phi) is 3.30. The summed E-state index contributed by atoms with van der Waals surface area (Å²) < 4.78 is 6.78. The largest absolute Gasteiger partial charge is 0.481 e. The number of aromatic nitrogens is 4. The predicted molar refractivity (Wildman–Crippen MR) is 88.7 cm³/mol. The second kappa shape index (κ2) is 5.48. The van der Waals surface area contributed by atoms with Gasteiger partial charge in [-0.25, -0.2) is 4.52 Å². The van der Waals surface area contributed by atoms with Gasteiger partial charge in [-0.1, -0.05) is 5.21 Å². The summed E-state index contributed by atoms with van der Waals surface area (Å²) in [6, 6.07) is 7.24. The molecule has 0 aromatic carbocycles. The molecular weight excluding hydrogens is 308 g/mol. The van der Waals surface area contributed by atoms with E-state index in [1.165, 1.54) is 0 Å². The number of likely N-dealkylation sites (N-methyl/N-ethyl adjacent to an activating group) is 1. The second-order valence-corrected chi connectivity index (χ2v) is 5.60. The monoisotopic (exact) mass is 324 g/mol. The van der Waals surface area contributed by atoms with Gasteiger partial charge in [-0.15, -0.1) is 5.10 Å². The number of ether oxygens (including phenoxy) is 1. The average molecular weight is 324 g/mol. The molecule has 0 atom stereocenters. The number of amides is 1. The van der Waals surface area contributed by atoms with E-state index in [2.05, 4.69) is 15.3 Å². The Morgan fingerprint density at radius 2 is 2.08 bits per heavy atom. The van der Waals surface area contributed by atoms with Crippen molar-refractivity contribution in [2.45, 2.75) is 0 Å². The normalized spacial score (nSPS) is 13.9. The topological polar surface area (TPSA) is 75.9 Å². The molecule has 3 aromatic heterocycles. The van der Waals surface area contributed by atoms with E-state index in [0.29, 0.717) is 24.5 Å². The smallest absolute Gasteiger partial charge is 0.260 e. The summed E-state index contributed by atoms with van der Waals surface area (Å²) in [6.07, 6.45) is 3.34. The van der Waals surface area contributed by atoms with E-state index in [0.717, 1.165) is 17.0 Å². The molecule has 0 bridgehead atoms. The minimum Gasteiger partial charge on any atom is -0.481 e. The van der Waals surface area contributed by atoms with Crippen molar-refractivity contribution in [2.24, 2.45) is 0 Å². The third-order valence-electron chi connectivity index (χ3n) is 4.14. The molecule has 1 amide bonds. The Balaban J connectivity index is 1.74. The van der Waals surface area contributed by atoms with Crippen molar-refractivity contribution < 1.29 is 9.53 Å². The Morgan fingerprint density at radius 1 is 1.21 bits per heavy atom. The molecule has 3 aromatic rings. The van der Waals surface area contributed by atoms with Crippen molar-refractivity contribution in [3.8, 4) is 5.88 Å². The van der Waals surface area contributed by atoms with Gasteiger partial charge in [0, 0.05) is 32.4 Å². The van der Waals surface area contributed by atoms with E-state index in [1.807, 2.05) is 24.1 Å². The molecule has 1 aliphatic heterocycles. The molecule has 0 spiro atoms. The number of methoxy groups -OCH3 is 1. The molecule has 0 unspecified atom stereocenters. The third-order valence-corrected chi connectivity index (χ3v) is 4.14. The van der Waals surface area contributed by atoms with Crippen LogP contribution in [0.25, 0.3) is 5.52 Å². The fourth-order valence-corrected chi connectivity index (χ4v) is 2.82. The molecule has 0 saturated heterocycles. The van der Waals surface area contributed by atoms with Crippen molar-refractivity contribution in [3.63, 3.8) is 0 Å². The van der Waals surface area contributed by atoms with Crippen molar-refractivity contribution in [3.05, 3.63) is 42.2 Å². The van der Waals surface area contributed by atoms with Crippen LogP contribution in [0.3, 0.4) is 0 Å². The molecule has 4 heterocycles. The fraction of sp³-hybridized carbons (Fsp3) is 0.250. The third kappa shape index (κ3) is 2.23. The maximum absolute atomic E-state index is 13.0. The Hall–Kier alpha value is -3.16. The van der Waals surface area contributed by atoms with Gasteiger partial charge in [-0.05, 0) is 18.2 Å². The number of rotatable bonds is 2. The molecule has 24 heavy (non-hydrogen) atoms. The highest BCUT2D eigenvalue weighted by Crippen LogP contribution is 2.33. The summed E-state index contributed by atoms with van der Waals surface area (Å²) in [5.41, 5.74) is 2.17. The van der Waals surface area contributed by atoms with Gasteiger partial charge in [0.05, 0.1) is 30.1 Å². The Labute approximate surface area is 138 Å². The van der Waals surface area contributed by atoms with Gasteiger partial charge in [0.2, 0.25) is 5.88 Å². The van der Waals surface area contributed by atoms with Gasteiger partial charge in [0.15, 0.2) is 5.82 Å². The predicted octanol–water partition coefficient (Wildman–Crippen LogP) is 1.23. The molecule has 122 valence electrons. The summed E-state index contributed by atoms with van der Waals surface area (Å²) in [5.74, 6) is 1.17. The summed E-state index contributed by atoms with van der Waals surface area (Å²) in [7, 11) is 3.53. The summed E-state index contributed by atoms with van der Waals surface area (Å²) >= 11 is 0. The lowest BCUT2D eigenvalue weighted by Gasteiger charge is -2.34. The van der Waals surface area contributed by atoms with Crippen LogP contribution in [0.15, 0.2) is 36.7 Å². The van der Waals surface area contributed by atoms with Crippen LogP contribution in [0.5, 0.6) is 5.88 Å². The van der Waals surface area contributed by atoms with Gasteiger partial charge in [0.1, 0.15) is 0 Å². The molecule has 8 nitrogen and oxygen atoms in total. The standard InChI is InChI=1S/C16H16N6O2/c1-20-7-8-21(13-5-6-14(24-2)18-15(13)20)16(23)11-3-4-12-9-17-19-22(12)10-11/h3-6,9-10H,7-8H2,1-2H3. The highest BCUT2D eigenvalue weighted by atomic mass is 16.5. The van der Waals surface area contributed by atoms with Gasteiger partial charge in [0.25, 0.3) is 5.91 Å². The van der Waals surface area contributed by atoms with Crippen LogP contribution >= 0.6 is 0 Å². The van der Waals surface area contributed by atoms with Crippen molar-refractivity contribution in [1.29, 1.82) is 0 Å². The first-order chi connectivity index (χ1) is 11.7. The average Bonchev–Trinajstić information content (AvgIpc) is 3.09. The second-order valence-electron chi connectivity index (χ2n) is 5.60. The van der Waals surface area contributed by atoms with Crippen molar-refractivity contribution in [1.82, 2.24) is 19.8 Å². The van der Waals surface area contributed by atoms with Crippen LogP contribution in [0, 0.1) is 0 Å². The first-order valence-electron chi connectivity index (χ1n) is 7.55. The summed E-state index contributed by atoms with van der Waals surface area (Å²) in [6.45, 7) is 1.29. The van der Waals surface area contributed by atoms with E-state index >= 15 is 0 Å². The summed E-state index contributed by atoms with van der Waals surface area (Å²) in [5, 5.41) is 7.78. The SMILES string of the molecule is COc1ccc2c(n1)N(C)CCN2C(=O)c1ccc2cnnn2c1. The molecule has 0 radical (unpaired) electrons. The minimum absolute atomic E-state index is 0.0892. The molecular formula is C16H16N6O2. The number of hydrogen-bond acceptors (Lipinski definition) is 6. The van der Waals surface area contributed by atoms with Gasteiger partial charge in [-0.3, -0.25) is 4.79 Å². The highest BCUT2D eigenvalue weighted by Gasteiger charge is 2.27. The number of nitrogens with zero attached hydrogens (tertiary/aromatic N) is 6. The fourth-order valence-electron chi connectivity index (χ4n) is 2.82. The Morgan fingerprint density at radius 3 is 2.92 bits per heavy atom. The van der Waals surface area contributed by atoms with E-state index < -0.39 is 0 Å². The number of anilines is 2. The van der Waals surface area contributed by atoms with Crippen LogP contribution < -0.4 is 14.5 Å². The van der Waals surface area contributed by atoms with Gasteiger partial charge >= 0.3 is 0 Å². The molecule has 8 heteroatoms. The zero-order valence-corrected chi connectivity index (χ0v) is 13.4. The van der Waals surface area contributed by atoms with E-state index in [1.54, 1.807) is 41.1 Å². The van der Waals surface area contributed by atoms with Gasteiger partial charge in [-0.2, -0.15) is 4.98 Å². The van der Waals surface area contributed by atoms with Crippen LogP contribution in [0.1, 0.15) is 10.4 Å². The zero-order valence-electron chi connectivity index (χ0n) is 13.4. The van der Waals surface area contributed by atoms with Crippen molar-refractivity contribution >= 4 is 22.9 Å². The van der Waals surface area contributed by atoms with Gasteiger partial charge < -0.3 is 14.5 Å². The molecule has 0 saturated carbocycles. The van der Waals surface area contributed by atoms with Crippen LogP contribution in [0.2, 0.25) is 0 Å². The van der Waals surface area contributed by atoms with E-state index in [9.17, 15) is 4.79 Å². The molecule has 0 fully saturated rings. The number of carbonyl (C=O) groups is 1. The first kappa shape index (κ1) is 14.4. The number of hydrogen-bond donors (Lipinski definition) is 0. The van der Waals surface area contributed by atoms with Crippen LogP contribution in [0.4, 0.5) is 11.5 Å². The highest BCUT2D eigenvalue weighted by molar-refractivity contribution is 6.08. The lowest BCUT2D eigenvalue weighted by atomic mass is 10.2. The zero-order chi connectivity index (χ0) is 16.7. The minimum atomic E-state index is -0.0892. The van der Waals surface area contributed by atoms with Crippen molar-refractivity contribution in [2.75, 3.05) is 37.0 Å². The summed E-state index contributed by atoms with van der Waals surface area (Å²) in [4.78, 5) is 21.2. The Bertz CT molecular complexity index is 922. The number of carbonyl (C=O) groups excluding carboxylic acids is 1. The van der Waals surface area contributed by atoms with Crippen LogP contribution in [-0.4, -0.2) is 53.0 Å². The van der Waals surface area contributed by atoms with E-state index in [-0.39, 0.29) is 5.91 Å². The number of pyridine rings is 2. The lowest BCUT2D eigenvalue weighted by Crippen LogP contribution is -2.43. The lowest BCUT2D eigenvalue weighted by molar-refractivity contribution is 0.0986. The first-order valence-corrected chi connectivity index (χ1v) is 7.55. The molecule has 4 rings (SSSR count). The maximum atomic E-state index is 13.0.